The third-order valence-corrected chi connectivity index (χ3v) is 4.32. The van der Waals surface area contributed by atoms with Gasteiger partial charge in [0.2, 0.25) is 0 Å². The van der Waals surface area contributed by atoms with E-state index >= 15 is 0 Å². The van der Waals surface area contributed by atoms with Gasteiger partial charge in [0.25, 0.3) is 0 Å². The number of nitrogens with two attached hydrogens (primary N) is 1. The summed E-state index contributed by atoms with van der Waals surface area (Å²) in [7, 11) is -1.41. The number of nitriles is 1. The molecule has 0 saturated heterocycles. The third kappa shape index (κ3) is 2.27. The van der Waals surface area contributed by atoms with Crippen LogP contribution >= 0.6 is 0 Å². The van der Waals surface area contributed by atoms with Gasteiger partial charge in [-0.2, -0.15) is 10.6 Å². The molecular formula is C12H13N4O2S-. The molecule has 0 unspecified atom stereocenters. The number of amidine groups is 1. The topological polar surface area (TPSA) is 112 Å². The molecule has 0 atom stereocenters. The van der Waals surface area contributed by atoms with Crippen molar-refractivity contribution in [1.29, 1.82) is 5.26 Å². The van der Waals surface area contributed by atoms with Crippen LogP contribution in [0.15, 0.2) is 22.3 Å². The number of hydrogen-bond donors (Lipinski definition) is 2. The van der Waals surface area contributed by atoms with Gasteiger partial charge in [-0.05, 0) is 18.4 Å². The van der Waals surface area contributed by atoms with Gasteiger partial charge in [0, 0.05) is 6.20 Å². The largest absolute Gasteiger partial charge is 0.457 e. The quantitative estimate of drug-likeness (QED) is 0.213. The summed E-state index contributed by atoms with van der Waals surface area (Å²) in [6, 6.07) is 3.91. The molecule has 0 spiro atoms. The Morgan fingerprint density at radius 3 is 2.89 bits per heavy atom. The fourth-order valence-electron chi connectivity index (χ4n) is 1.82. The van der Waals surface area contributed by atoms with E-state index in [2.05, 4.69) is 16.2 Å². The van der Waals surface area contributed by atoms with Gasteiger partial charge in [0.1, 0.15) is 0 Å². The molecule has 6 nitrogen and oxygen atoms in total. The van der Waals surface area contributed by atoms with Crippen LogP contribution in [0.2, 0.25) is 0 Å². The molecule has 0 bridgehead atoms. The lowest BCUT2D eigenvalue weighted by atomic mass is 9.99. The van der Waals surface area contributed by atoms with Crippen molar-refractivity contribution in [3.8, 4) is 6.07 Å². The van der Waals surface area contributed by atoms with Crippen LogP contribution in [0.3, 0.4) is 0 Å². The summed E-state index contributed by atoms with van der Waals surface area (Å²) in [5.74, 6) is -0.196. The van der Waals surface area contributed by atoms with Crippen LogP contribution < -0.4 is 5.73 Å². The van der Waals surface area contributed by atoms with Crippen molar-refractivity contribution in [2.24, 2.45) is 10.9 Å². The second kappa shape index (κ2) is 4.90. The monoisotopic (exact) mass is 277 g/mol. The summed E-state index contributed by atoms with van der Waals surface area (Å²) in [5, 5.41) is 22.3. The molecule has 1 fully saturated rings. The highest BCUT2D eigenvalue weighted by atomic mass is 32.2. The zero-order valence-corrected chi connectivity index (χ0v) is 11.1. The molecule has 3 N–H and O–H groups in total. The molecular weight excluding hydrogens is 264 g/mol. The van der Waals surface area contributed by atoms with E-state index in [-0.39, 0.29) is 11.5 Å². The number of nitrogens with zero attached hydrogens (tertiary/aromatic N) is 3. The van der Waals surface area contributed by atoms with Crippen LogP contribution in [-0.4, -0.2) is 21.4 Å². The Kier molecular flexibility index (Phi) is 3.44. The molecule has 1 aliphatic rings. The summed E-state index contributed by atoms with van der Waals surface area (Å²) >= 11 is 0. The molecule has 2 rings (SSSR count). The van der Waals surface area contributed by atoms with Crippen molar-refractivity contribution < 1.29 is 9.42 Å². The maximum atomic E-state index is 12.0. The number of oxime groups is 1. The second-order valence-corrected chi connectivity index (χ2v) is 5.79. The zero-order chi connectivity index (χ0) is 14.0. The average Bonchev–Trinajstić information content (AvgIpc) is 3.26. The molecule has 100 valence electrons. The first-order valence-electron chi connectivity index (χ1n) is 5.67. The van der Waals surface area contributed by atoms with E-state index in [9.17, 15) is 9.47 Å². The van der Waals surface area contributed by atoms with Crippen LogP contribution in [0.5, 0.6) is 0 Å². The highest BCUT2D eigenvalue weighted by molar-refractivity contribution is 7.83. The van der Waals surface area contributed by atoms with Gasteiger partial charge in [-0.3, -0.25) is 4.98 Å². The summed E-state index contributed by atoms with van der Waals surface area (Å²) < 4.78 is 12.0. The standard InChI is InChI=1S/C12H13N4O2S/c1-2-19(18)9-5-8(12(7-13)3-4-12)6-15-10(9)11(14)16-17/h2,5-6,17H,3-4H2,1H3,(H2,14,16)/q-1. The lowest BCUT2D eigenvalue weighted by molar-refractivity contribution is 0.318. The Bertz CT molecular complexity index is 665. The highest BCUT2D eigenvalue weighted by Crippen LogP contribution is 2.47. The Morgan fingerprint density at radius 1 is 1.74 bits per heavy atom. The number of hydrogen-bond acceptors (Lipinski definition) is 6. The van der Waals surface area contributed by atoms with E-state index in [4.69, 9.17) is 10.9 Å². The van der Waals surface area contributed by atoms with Gasteiger partial charge in [-0.25, -0.2) is 10.4 Å². The van der Waals surface area contributed by atoms with Crippen LogP contribution in [-0.2, 0) is 20.0 Å². The fraction of sp³-hybridized carbons (Fsp3) is 0.333. The Balaban J connectivity index is 2.62. The van der Waals surface area contributed by atoms with Crippen molar-refractivity contribution in [2.45, 2.75) is 30.1 Å². The first-order valence-corrected chi connectivity index (χ1v) is 6.89. The summed E-state index contributed by atoms with van der Waals surface area (Å²) in [6.45, 7) is 1.65. The van der Waals surface area contributed by atoms with Crippen LogP contribution in [0.4, 0.5) is 0 Å². The minimum absolute atomic E-state index is 0.177. The van der Waals surface area contributed by atoms with Crippen molar-refractivity contribution in [1.82, 2.24) is 4.98 Å². The predicted octanol–water partition coefficient (Wildman–Crippen LogP) is 0.876. The Labute approximate surface area is 112 Å². The van der Waals surface area contributed by atoms with Gasteiger partial charge in [-0.1, -0.05) is 23.0 Å². The molecule has 0 aromatic carbocycles. The first kappa shape index (κ1) is 13.4. The normalized spacial score (nSPS) is 18.8. The molecule has 1 saturated carbocycles. The number of pyridine rings is 1. The van der Waals surface area contributed by atoms with Gasteiger partial charge in [0.05, 0.1) is 17.2 Å². The fourth-order valence-corrected chi connectivity index (χ4v) is 2.66. The molecule has 1 aromatic rings. The van der Waals surface area contributed by atoms with Crippen LogP contribution in [0.25, 0.3) is 0 Å². The van der Waals surface area contributed by atoms with Crippen LogP contribution in [0, 0.1) is 11.3 Å². The van der Waals surface area contributed by atoms with E-state index in [0.717, 1.165) is 18.4 Å². The van der Waals surface area contributed by atoms with E-state index in [1.165, 1.54) is 11.6 Å². The molecule has 1 aliphatic carbocycles. The van der Waals surface area contributed by atoms with Crippen molar-refractivity contribution in [3.05, 3.63) is 23.5 Å². The minimum Gasteiger partial charge on any atom is -0.457 e. The lowest BCUT2D eigenvalue weighted by Gasteiger charge is -2.15. The highest BCUT2D eigenvalue weighted by Gasteiger charge is 2.45. The van der Waals surface area contributed by atoms with Crippen molar-refractivity contribution >= 4 is 21.6 Å². The maximum absolute atomic E-state index is 12.0. The molecule has 7 heteroatoms. The van der Waals surface area contributed by atoms with Gasteiger partial charge in [-0.15, -0.1) is 0 Å². The smallest absolute Gasteiger partial charge is 0.187 e. The third-order valence-electron chi connectivity index (χ3n) is 3.15. The Hall–Kier alpha value is -2.07. The first-order chi connectivity index (χ1) is 9.07. The summed E-state index contributed by atoms with van der Waals surface area (Å²) in [5.41, 5.74) is 5.92. The van der Waals surface area contributed by atoms with Crippen molar-refractivity contribution in [2.75, 3.05) is 0 Å². The molecule has 0 amide bonds. The molecule has 19 heavy (non-hydrogen) atoms. The lowest BCUT2D eigenvalue weighted by Crippen LogP contribution is -2.18. The van der Waals surface area contributed by atoms with E-state index in [1.54, 1.807) is 13.0 Å². The minimum atomic E-state index is -1.41. The average molecular weight is 277 g/mol. The molecule has 0 radical (unpaired) electrons. The summed E-state index contributed by atoms with van der Waals surface area (Å²) in [4.78, 5) is 4.45. The zero-order valence-electron chi connectivity index (χ0n) is 10.3. The predicted molar refractivity (Wildman–Crippen MR) is 71.3 cm³/mol. The van der Waals surface area contributed by atoms with Gasteiger partial charge in [0.15, 0.2) is 5.84 Å². The second-order valence-electron chi connectivity index (χ2n) is 4.28. The van der Waals surface area contributed by atoms with E-state index in [0.29, 0.717) is 4.90 Å². The van der Waals surface area contributed by atoms with Gasteiger partial charge >= 0.3 is 0 Å². The SMILES string of the molecule is C/C=[S-](=O)/c1cc(C2(C#N)CC2)cnc1/C(N)=N/O. The molecule has 0 aliphatic heterocycles. The van der Waals surface area contributed by atoms with E-state index < -0.39 is 15.8 Å². The molecule has 1 aromatic heterocycles. The number of rotatable bonds is 3. The maximum Gasteiger partial charge on any atom is 0.187 e. The van der Waals surface area contributed by atoms with Gasteiger partial charge < -0.3 is 15.1 Å². The Morgan fingerprint density at radius 2 is 2.42 bits per heavy atom. The van der Waals surface area contributed by atoms with Crippen molar-refractivity contribution in [3.63, 3.8) is 0 Å². The summed E-state index contributed by atoms with van der Waals surface area (Å²) in [6.07, 6.45) is 3.08. The van der Waals surface area contributed by atoms with Crippen LogP contribution in [0.1, 0.15) is 31.0 Å². The number of aromatic nitrogens is 1. The van der Waals surface area contributed by atoms with E-state index in [1.807, 2.05) is 0 Å². The molecule has 1 heterocycles.